The van der Waals surface area contributed by atoms with E-state index in [-0.39, 0.29) is 12.2 Å². The van der Waals surface area contributed by atoms with E-state index in [1.54, 1.807) is 36.4 Å². The number of para-hydroxylation sites is 1. The molecule has 3 amide bonds. The van der Waals surface area contributed by atoms with Crippen LogP contribution in [0.5, 0.6) is 5.75 Å². The van der Waals surface area contributed by atoms with Gasteiger partial charge in [-0.05, 0) is 54.4 Å². The molecule has 2 aliphatic rings. The first kappa shape index (κ1) is 29.7. The quantitative estimate of drug-likeness (QED) is 0.273. The van der Waals surface area contributed by atoms with E-state index >= 15 is 0 Å². The van der Waals surface area contributed by atoms with Crippen LogP contribution < -0.4 is 19.8 Å². The van der Waals surface area contributed by atoms with Crippen molar-refractivity contribution in [1.29, 1.82) is 0 Å². The molecule has 0 saturated carbocycles. The summed E-state index contributed by atoms with van der Waals surface area (Å²) in [6.07, 6.45) is -4.67. The molecule has 6 rings (SSSR count). The summed E-state index contributed by atoms with van der Waals surface area (Å²) in [5.74, 6) is -3.03. The Morgan fingerprint density at radius 3 is 2.39 bits per heavy atom. The van der Waals surface area contributed by atoms with Crippen LogP contribution >= 0.6 is 23.1 Å². The Kier molecular flexibility index (Phi) is 7.62. The van der Waals surface area contributed by atoms with Crippen molar-refractivity contribution < 1.29 is 32.3 Å². The summed E-state index contributed by atoms with van der Waals surface area (Å²) >= 11 is 1.87. The number of anilines is 2. The summed E-state index contributed by atoms with van der Waals surface area (Å²) in [5.41, 5.74) is 0.870. The molecular weight excluding hydrogens is 615 g/mol. The SMILES string of the molecule is COc1ccc([C@@H]2c3sc(=O)n(CC(=O)Nc4ccccc4C)c3S[C@H]3C(=O)N(c4cccc(C(F)(F)F)c4)C(=O)[C@@H]23)cc1. The van der Waals surface area contributed by atoms with E-state index in [0.29, 0.717) is 26.9 Å². The highest BCUT2D eigenvalue weighted by molar-refractivity contribution is 8.00. The number of carbonyl (C=O) groups excluding carboxylic acids is 3. The number of rotatable bonds is 6. The molecule has 0 radical (unpaired) electrons. The molecule has 1 aromatic heterocycles. The van der Waals surface area contributed by atoms with Crippen molar-refractivity contribution in [3.8, 4) is 5.75 Å². The predicted molar refractivity (Wildman–Crippen MR) is 160 cm³/mol. The molecule has 1 fully saturated rings. The van der Waals surface area contributed by atoms with Gasteiger partial charge < -0.3 is 10.1 Å². The van der Waals surface area contributed by atoms with Crippen molar-refractivity contribution in [2.75, 3.05) is 17.3 Å². The third-order valence-electron chi connectivity index (χ3n) is 7.68. The topological polar surface area (TPSA) is 97.7 Å². The van der Waals surface area contributed by atoms with Crippen LogP contribution in [-0.2, 0) is 27.1 Å². The maximum Gasteiger partial charge on any atom is 0.416 e. The summed E-state index contributed by atoms with van der Waals surface area (Å²) < 4.78 is 47.1. The first-order chi connectivity index (χ1) is 21.0. The zero-order valence-corrected chi connectivity index (χ0v) is 24.9. The van der Waals surface area contributed by atoms with Crippen LogP contribution in [0.15, 0.2) is 82.6 Å². The van der Waals surface area contributed by atoms with Crippen molar-refractivity contribution >= 4 is 52.2 Å². The van der Waals surface area contributed by atoms with Gasteiger partial charge in [-0.25, -0.2) is 4.90 Å². The molecule has 0 spiro atoms. The summed E-state index contributed by atoms with van der Waals surface area (Å²) in [6, 6.07) is 18.1. The van der Waals surface area contributed by atoms with Crippen molar-refractivity contribution in [3.05, 3.63) is 104 Å². The van der Waals surface area contributed by atoms with Crippen LogP contribution in [-0.4, -0.2) is 34.6 Å². The number of ether oxygens (including phenoxy) is 1. The molecule has 3 heterocycles. The van der Waals surface area contributed by atoms with E-state index in [0.717, 1.165) is 51.8 Å². The first-order valence-corrected chi connectivity index (χ1v) is 15.1. The van der Waals surface area contributed by atoms with Gasteiger partial charge in [0.1, 0.15) is 17.5 Å². The summed E-state index contributed by atoms with van der Waals surface area (Å²) in [7, 11) is 1.50. The minimum Gasteiger partial charge on any atom is -0.497 e. The maximum absolute atomic E-state index is 14.0. The maximum atomic E-state index is 14.0. The minimum atomic E-state index is -4.67. The second-order valence-electron chi connectivity index (χ2n) is 10.4. The number of aromatic nitrogens is 1. The highest BCUT2D eigenvalue weighted by Crippen LogP contribution is 2.54. The van der Waals surface area contributed by atoms with Crippen molar-refractivity contribution in [3.63, 3.8) is 0 Å². The minimum absolute atomic E-state index is 0.184. The van der Waals surface area contributed by atoms with Gasteiger partial charge >= 0.3 is 11.0 Å². The fourth-order valence-corrected chi connectivity index (χ4v) is 8.32. The Hall–Kier alpha value is -4.36. The normalized spacial score (nSPS) is 19.5. The van der Waals surface area contributed by atoms with E-state index in [1.165, 1.54) is 17.7 Å². The number of thioether (sulfide) groups is 1. The zero-order chi connectivity index (χ0) is 31.3. The number of fused-ring (bicyclic) bond motifs is 2. The number of thiazole rings is 1. The number of methoxy groups -OCH3 is 1. The highest BCUT2D eigenvalue weighted by atomic mass is 32.2. The lowest BCUT2D eigenvalue weighted by atomic mass is 9.83. The van der Waals surface area contributed by atoms with E-state index in [4.69, 9.17) is 4.74 Å². The Morgan fingerprint density at radius 1 is 0.977 bits per heavy atom. The van der Waals surface area contributed by atoms with Gasteiger partial charge in [0.15, 0.2) is 0 Å². The highest BCUT2D eigenvalue weighted by Gasteiger charge is 2.57. The number of halogens is 3. The number of alkyl halides is 3. The predicted octanol–water partition coefficient (Wildman–Crippen LogP) is 5.68. The number of amides is 3. The van der Waals surface area contributed by atoms with Crippen LogP contribution in [0.2, 0.25) is 0 Å². The Bertz CT molecular complexity index is 1850. The number of hydrogen-bond donors (Lipinski definition) is 1. The van der Waals surface area contributed by atoms with Gasteiger partial charge in [-0.3, -0.25) is 23.7 Å². The monoisotopic (exact) mass is 639 g/mol. The van der Waals surface area contributed by atoms with Gasteiger partial charge in [-0.2, -0.15) is 13.2 Å². The molecule has 8 nitrogen and oxygen atoms in total. The molecule has 226 valence electrons. The van der Waals surface area contributed by atoms with Gasteiger partial charge in [0.2, 0.25) is 17.7 Å². The van der Waals surface area contributed by atoms with Gasteiger partial charge in [-0.15, -0.1) is 0 Å². The summed E-state index contributed by atoms with van der Waals surface area (Å²) in [5, 5.41) is 2.13. The Morgan fingerprint density at radius 2 is 1.70 bits per heavy atom. The standard InChI is InChI=1S/C31H24F3N3O5S2/c1-16-6-3-4-9-21(16)35-22(38)15-36-29-26(44-30(36)41)23(17-10-12-20(42-2)13-11-17)24-25(43-29)28(40)37(27(24)39)19-8-5-7-18(14-19)31(32,33)34/h3-14,23-25H,15H2,1-2H3,(H,35,38)/t23-,24-,25+/m0/s1. The van der Waals surface area contributed by atoms with Gasteiger partial charge in [-0.1, -0.05) is 59.5 Å². The van der Waals surface area contributed by atoms with Gasteiger partial charge in [0.25, 0.3) is 0 Å². The second kappa shape index (κ2) is 11.3. The van der Waals surface area contributed by atoms with Crippen molar-refractivity contribution in [1.82, 2.24) is 4.57 Å². The number of carbonyl (C=O) groups is 3. The number of nitrogens with zero attached hydrogens (tertiary/aromatic N) is 2. The van der Waals surface area contributed by atoms with E-state index in [9.17, 15) is 32.3 Å². The Balaban J connectivity index is 1.42. The molecule has 1 N–H and O–H groups in total. The van der Waals surface area contributed by atoms with Crippen LogP contribution in [0.1, 0.15) is 27.5 Å². The lowest BCUT2D eigenvalue weighted by Crippen LogP contribution is -2.33. The third kappa shape index (κ3) is 5.19. The fraction of sp³-hybridized carbons (Fsp3) is 0.226. The molecule has 0 bridgehead atoms. The lowest BCUT2D eigenvalue weighted by molar-refractivity contribution is -0.137. The van der Waals surface area contributed by atoms with Crippen LogP contribution in [0.25, 0.3) is 0 Å². The Labute approximate surface area is 257 Å². The average molecular weight is 640 g/mol. The van der Waals surface area contributed by atoms with E-state index in [2.05, 4.69) is 5.32 Å². The molecule has 44 heavy (non-hydrogen) atoms. The molecule has 13 heteroatoms. The van der Waals surface area contributed by atoms with Crippen LogP contribution in [0.4, 0.5) is 24.5 Å². The van der Waals surface area contributed by atoms with Crippen molar-refractivity contribution in [2.24, 2.45) is 5.92 Å². The number of imide groups is 1. The number of aryl methyl sites for hydroxylation is 1. The molecule has 3 atom stereocenters. The van der Waals surface area contributed by atoms with E-state index < -0.39 is 51.4 Å². The number of benzene rings is 3. The van der Waals surface area contributed by atoms with Gasteiger partial charge in [0.05, 0.1) is 29.3 Å². The molecule has 0 aliphatic carbocycles. The van der Waals surface area contributed by atoms with Crippen LogP contribution in [0, 0.1) is 12.8 Å². The largest absolute Gasteiger partial charge is 0.497 e. The van der Waals surface area contributed by atoms with Crippen molar-refractivity contribution in [2.45, 2.75) is 35.8 Å². The average Bonchev–Trinajstić information content (AvgIpc) is 3.44. The summed E-state index contributed by atoms with van der Waals surface area (Å²) in [6.45, 7) is 1.50. The number of nitrogens with one attached hydrogen (secondary N) is 1. The number of hydrogen-bond acceptors (Lipinski definition) is 7. The van der Waals surface area contributed by atoms with E-state index in [1.807, 2.05) is 19.1 Å². The summed E-state index contributed by atoms with van der Waals surface area (Å²) in [4.78, 5) is 55.1. The molecular formula is C31H24F3N3O5S2. The molecule has 4 aromatic rings. The fourth-order valence-electron chi connectivity index (χ4n) is 5.55. The lowest BCUT2D eigenvalue weighted by Gasteiger charge is -2.30. The smallest absolute Gasteiger partial charge is 0.416 e. The first-order valence-electron chi connectivity index (χ1n) is 13.4. The van der Waals surface area contributed by atoms with Gasteiger partial charge in [0, 0.05) is 16.5 Å². The zero-order valence-electron chi connectivity index (χ0n) is 23.3. The molecule has 0 unspecified atom stereocenters. The third-order valence-corrected chi connectivity index (χ3v) is 10.3. The molecule has 1 saturated heterocycles. The second-order valence-corrected chi connectivity index (χ2v) is 12.5. The molecule has 2 aliphatic heterocycles. The molecule has 3 aromatic carbocycles. The van der Waals surface area contributed by atoms with Crippen LogP contribution in [0.3, 0.4) is 0 Å².